The van der Waals surface area contributed by atoms with E-state index in [-0.39, 0.29) is 5.56 Å². The molecule has 0 atom stereocenters. The molecule has 4 nitrogen and oxygen atoms in total. The molecule has 2 rings (SSSR count). The Hall–Kier alpha value is -1.95. The average Bonchev–Trinajstić information content (AvgIpc) is 2.38. The van der Waals surface area contributed by atoms with E-state index in [4.69, 9.17) is 0 Å². The van der Waals surface area contributed by atoms with Crippen LogP contribution >= 0.6 is 15.9 Å². The molecule has 98 valence electrons. The van der Waals surface area contributed by atoms with Crippen LogP contribution in [0, 0.1) is 5.82 Å². The molecular formula is C13H11BrFN3O. The fourth-order valence-electron chi connectivity index (χ4n) is 1.55. The average molecular weight is 324 g/mol. The predicted octanol–water partition coefficient (Wildman–Crippen LogP) is 3.28. The molecule has 6 heteroatoms. The number of rotatable bonds is 3. The molecule has 0 aliphatic rings. The van der Waals surface area contributed by atoms with E-state index in [0.29, 0.717) is 16.0 Å². The summed E-state index contributed by atoms with van der Waals surface area (Å²) in [5, 5.41) is 5.48. The normalized spacial score (nSPS) is 10.1. The second-order valence-corrected chi connectivity index (χ2v) is 4.58. The predicted molar refractivity (Wildman–Crippen MR) is 75.8 cm³/mol. The first-order valence-electron chi connectivity index (χ1n) is 5.51. The molecule has 1 aromatic heterocycles. The van der Waals surface area contributed by atoms with Crippen molar-refractivity contribution in [1.82, 2.24) is 4.98 Å². The van der Waals surface area contributed by atoms with Crippen LogP contribution in [0.3, 0.4) is 0 Å². The number of benzene rings is 1. The molecule has 1 aromatic carbocycles. The molecule has 2 aromatic rings. The van der Waals surface area contributed by atoms with Gasteiger partial charge in [0, 0.05) is 29.5 Å². The third-order valence-electron chi connectivity index (χ3n) is 2.46. The molecule has 1 heterocycles. The van der Waals surface area contributed by atoms with E-state index >= 15 is 0 Å². The van der Waals surface area contributed by atoms with Crippen molar-refractivity contribution in [2.45, 2.75) is 0 Å². The highest BCUT2D eigenvalue weighted by atomic mass is 79.9. The summed E-state index contributed by atoms with van der Waals surface area (Å²) in [6.07, 6.45) is 1.55. The van der Waals surface area contributed by atoms with Crippen LogP contribution in [0.15, 0.2) is 41.0 Å². The van der Waals surface area contributed by atoms with E-state index in [9.17, 15) is 9.18 Å². The van der Waals surface area contributed by atoms with Crippen LogP contribution < -0.4 is 10.6 Å². The molecule has 0 saturated carbocycles. The zero-order chi connectivity index (χ0) is 13.8. The minimum Gasteiger partial charge on any atom is -0.373 e. The third-order valence-corrected chi connectivity index (χ3v) is 3.12. The van der Waals surface area contributed by atoms with Crippen molar-refractivity contribution in [2.24, 2.45) is 0 Å². The molecule has 0 bridgehead atoms. The molecule has 0 aliphatic heterocycles. The summed E-state index contributed by atoms with van der Waals surface area (Å²) in [7, 11) is 1.72. The second-order valence-electron chi connectivity index (χ2n) is 3.73. The van der Waals surface area contributed by atoms with Gasteiger partial charge in [0.1, 0.15) is 11.6 Å². The number of pyridine rings is 1. The summed E-state index contributed by atoms with van der Waals surface area (Å²) in [4.78, 5) is 16.1. The number of carbonyl (C=O) groups excluding carboxylic acids is 1. The SMILES string of the molecule is CNc1cc(NC(=O)c2c(F)cccc2Br)ccn1. The minimum atomic E-state index is -0.574. The van der Waals surface area contributed by atoms with Gasteiger partial charge in [-0.15, -0.1) is 0 Å². The maximum Gasteiger partial charge on any atom is 0.259 e. The number of carbonyl (C=O) groups is 1. The first-order chi connectivity index (χ1) is 9.11. The Kier molecular flexibility index (Phi) is 4.11. The van der Waals surface area contributed by atoms with Crippen LogP contribution in [-0.2, 0) is 0 Å². The molecule has 19 heavy (non-hydrogen) atoms. The number of nitrogens with one attached hydrogen (secondary N) is 2. The van der Waals surface area contributed by atoms with Gasteiger partial charge in [0.2, 0.25) is 0 Å². The topological polar surface area (TPSA) is 54.0 Å². The minimum absolute atomic E-state index is 0.0229. The smallest absolute Gasteiger partial charge is 0.259 e. The highest BCUT2D eigenvalue weighted by Crippen LogP contribution is 2.21. The number of nitrogens with zero attached hydrogens (tertiary/aromatic N) is 1. The number of hydrogen-bond acceptors (Lipinski definition) is 3. The van der Waals surface area contributed by atoms with Crippen LogP contribution in [0.5, 0.6) is 0 Å². The van der Waals surface area contributed by atoms with Crippen molar-refractivity contribution >= 4 is 33.3 Å². The van der Waals surface area contributed by atoms with Gasteiger partial charge in [0.05, 0.1) is 5.56 Å². The van der Waals surface area contributed by atoms with E-state index in [1.54, 1.807) is 31.4 Å². The fourth-order valence-corrected chi connectivity index (χ4v) is 2.08. The lowest BCUT2D eigenvalue weighted by Gasteiger charge is -2.08. The maximum absolute atomic E-state index is 13.6. The third kappa shape index (κ3) is 3.08. The highest BCUT2D eigenvalue weighted by molar-refractivity contribution is 9.10. The Morgan fingerprint density at radius 2 is 2.16 bits per heavy atom. The van der Waals surface area contributed by atoms with E-state index in [1.807, 2.05) is 0 Å². The van der Waals surface area contributed by atoms with Crippen molar-refractivity contribution in [3.63, 3.8) is 0 Å². The number of hydrogen-bond donors (Lipinski definition) is 2. The van der Waals surface area contributed by atoms with Gasteiger partial charge in [0.25, 0.3) is 5.91 Å². The molecule has 0 radical (unpaired) electrons. The van der Waals surface area contributed by atoms with Gasteiger partial charge in [-0.3, -0.25) is 4.79 Å². The lowest BCUT2D eigenvalue weighted by atomic mass is 10.2. The van der Waals surface area contributed by atoms with Crippen LogP contribution in [0.2, 0.25) is 0 Å². The van der Waals surface area contributed by atoms with Gasteiger partial charge in [-0.25, -0.2) is 9.37 Å². The van der Waals surface area contributed by atoms with E-state index < -0.39 is 11.7 Å². The fraction of sp³-hybridized carbons (Fsp3) is 0.0769. The quantitative estimate of drug-likeness (QED) is 0.911. The van der Waals surface area contributed by atoms with Crippen molar-refractivity contribution in [2.75, 3.05) is 17.7 Å². The highest BCUT2D eigenvalue weighted by Gasteiger charge is 2.15. The van der Waals surface area contributed by atoms with Gasteiger partial charge in [-0.05, 0) is 34.1 Å². The Labute approximate surface area is 118 Å². The monoisotopic (exact) mass is 323 g/mol. The van der Waals surface area contributed by atoms with Crippen LogP contribution in [0.1, 0.15) is 10.4 Å². The molecule has 0 unspecified atom stereocenters. The standard InChI is InChI=1S/C13H11BrFN3O/c1-16-11-7-8(5-6-17-11)18-13(19)12-9(14)3-2-4-10(12)15/h2-7H,1H3,(H2,16,17,18,19). The summed E-state index contributed by atoms with van der Waals surface area (Å²) in [6.45, 7) is 0. The lowest BCUT2D eigenvalue weighted by molar-refractivity contribution is 0.102. The Balaban J connectivity index is 2.26. The molecule has 0 saturated heterocycles. The van der Waals surface area contributed by atoms with E-state index in [0.717, 1.165) is 0 Å². The first-order valence-corrected chi connectivity index (χ1v) is 6.30. The summed E-state index contributed by atoms with van der Waals surface area (Å²) in [6, 6.07) is 7.68. The molecule has 0 spiro atoms. The number of aromatic nitrogens is 1. The molecular weight excluding hydrogens is 313 g/mol. The van der Waals surface area contributed by atoms with Gasteiger partial charge in [0.15, 0.2) is 0 Å². The summed E-state index contributed by atoms with van der Waals surface area (Å²) in [5.41, 5.74) is 0.518. The Morgan fingerprint density at radius 3 is 2.84 bits per heavy atom. The molecule has 0 fully saturated rings. The van der Waals surface area contributed by atoms with Crippen LogP contribution in [0.25, 0.3) is 0 Å². The zero-order valence-electron chi connectivity index (χ0n) is 10.1. The first kappa shape index (κ1) is 13.5. The summed E-state index contributed by atoms with van der Waals surface area (Å²) < 4.78 is 14.0. The molecule has 0 aliphatic carbocycles. The van der Waals surface area contributed by atoms with Crippen LogP contribution in [0.4, 0.5) is 15.9 Å². The van der Waals surface area contributed by atoms with Gasteiger partial charge < -0.3 is 10.6 Å². The molecule has 1 amide bonds. The van der Waals surface area contributed by atoms with Gasteiger partial charge in [-0.1, -0.05) is 6.07 Å². The lowest BCUT2D eigenvalue weighted by Crippen LogP contribution is -2.14. The van der Waals surface area contributed by atoms with Crippen molar-refractivity contribution < 1.29 is 9.18 Å². The summed E-state index contributed by atoms with van der Waals surface area (Å²) >= 11 is 3.16. The molecule has 2 N–H and O–H groups in total. The van der Waals surface area contributed by atoms with E-state index in [1.165, 1.54) is 12.1 Å². The van der Waals surface area contributed by atoms with Crippen molar-refractivity contribution in [1.29, 1.82) is 0 Å². The number of halogens is 2. The Morgan fingerprint density at radius 1 is 1.37 bits per heavy atom. The van der Waals surface area contributed by atoms with E-state index in [2.05, 4.69) is 31.5 Å². The van der Waals surface area contributed by atoms with Crippen molar-refractivity contribution in [3.05, 3.63) is 52.4 Å². The maximum atomic E-state index is 13.6. The van der Waals surface area contributed by atoms with Gasteiger partial charge >= 0.3 is 0 Å². The largest absolute Gasteiger partial charge is 0.373 e. The number of anilines is 2. The van der Waals surface area contributed by atoms with Gasteiger partial charge in [-0.2, -0.15) is 0 Å². The zero-order valence-corrected chi connectivity index (χ0v) is 11.7. The second kappa shape index (κ2) is 5.79. The Bertz CT molecular complexity index is 598. The number of amides is 1. The van der Waals surface area contributed by atoms with Crippen LogP contribution in [-0.4, -0.2) is 17.9 Å². The summed E-state index contributed by atoms with van der Waals surface area (Å²) in [5.74, 6) is -0.474. The van der Waals surface area contributed by atoms with Crippen molar-refractivity contribution in [3.8, 4) is 0 Å².